The third kappa shape index (κ3) is 4.17. The van der Waals surface area contributed by atoms with Crippen LogP contribution < -0.4 is 14.2 Å². The quantitative estimate of drug-likeness (QED) is 0.316. The van der Waals surface area contributed by atoms with Crippen molar-refractivity contribution in [3.8, 4) is 17.2 Å². The van der Waals surface area contributed by atoms with Gasteiger partial charge in [-0.2, -0.15) is 0 Å². The maximum atomic E-state index is 13.2. The van der Waals surface area contributed by atoms with Crippen LogP contribution in [0, 0.1) is 0 Å². The fourth-order valence-corrected chi connectivity index (χ4v) is 4.74. The lowest BCUT2D eigenvalue weighted by molar-refractivity contribution is -0.140. The molecule has 3 aromatic rings. The number of amides is 1. The number of likely N-dealkylation sites (tertiary alicyclic amines) is 1. The molecule has 0 spiro atoms. The van der Waals surface area contributed by atoms with E-state index in [0.717, 1.165) is 10.4 Å². The molecule has 1 unspecified atom stereocenters. The summed E-state index contributed by atoms with van der Waals surface area (Å²) < 4.78 is 16.0. The number of rotatable bonds is 7. The van der Waals surface area contributed by atoms with Gasteiger partial charge in [-0.3, -0.25) is 9.59 Å². The third-order valence-electron chi connectivity index (χ3n) is 5.50. The largest absolute Gasteiger partial charge is 0.507 e. The number of ether oxygens (including phenoxy) is 3. The molecule has 4 rings (SSSR count). The van der Waals surface area contributed by atoms with Gasteiger partial charge in [0.2, 0.25) is 0 Å². The second-order valence-electron chi connectivity index (χ2n) is 7.36. The van der Waals surface area contributed by atoms with Crippen LogP contribution in [0.4, 0.5) is 0 Å². The van der Waals surface area contributed by atoms with Gasteiger partial charge in [0.25, 0.3) is 11.7 Å². The van der Waals surface area contributed by atoms with Gasteiger partial charge in [-0.15, -0.1) is 11.3 Å². The maximum absolute atomic E-state index is 13.2. The van der Waals surface area contributed by atoms with E-state index in [1.165, 1.54) is 30.5 Å². The van der Waals surface area contributed by atoms with Crippen molar-refractivity contribution in [1.82, 2.24) is 4.90 Å². The molecule has 2 aromatic carbocycles. The summed E-state index contributed by atoms with van der Waals surface area (Å²) in [6, 6.07) is 15.2. The second-order valence-corrected chi connectivity index (χ2v) is 8.34. The van der Waals surface area contributed by atoms with Gasteiger partial charge < -0.3 is 24.2 Å². The van der Waals surface area contributed by atoms with Crippen LogP contribution in [0.25, 0.3) is 5.76 Å². The Morgan fingerprint density at radius 2 is 1.73 bits per heavy atom. The van der Waals surface area contributed by atoms with Crippen LogP contribution in [0.5, 0.6) is 17.2 Å². The predicted octanol–water partition coefficient (Wildman–Crippen LogP) is 4.40. The summed E-state index contributed by atoms with van der Waals surface area (Å²) in [5.74, 6) is -0.250. The number of benzene rings is 2. The number of aliphatic hydroxyl groups excluding tert-OH is 1. The highest BCUT2D eigenvalue weighted by molar-refractivity contribution is 7.10. The van der Waals surface area contributed by atoms with Gasteiger partial charge in [0, 0.05) is 11.4 Å². The molecule has 1 atom stereocenters. The van der Waals surface area contributed by atoms with Gasteiger partial charge in [-0.05, 0) is 47.3 Å². The monoisotopic (exact) mass is 465 g/mol. The molecule has 1 aliphatic rings. The van der Waals surface area contributed by atoms with E-state index in [9.17, 15) is 14.7 Å². The molecule has 0 bridgehead atoms. The Balaban J connectivity index is 1.86. The SMILES string of the molecule is COc1cccc(CN2C(=O)C(=O)/C(=C(\O)c3cc(OC)ccc3OC)C2c2cccs2)c1. The highest BCUT2D eigenvalue weighted by Gasteiger charge is 2.46. The van der Waals surface area contributed by atoms with Crippen LogP contribution in [0.15, 0.2) is 65.6 Å². The topological polar surface area (TPSA) is 85.3 Å². The zero-order valence-corrected chi connectivity index (χ0v) is 19.2. The first-order chi connectivity index (χ1) is 16.0. The van der Waals surface area contributed by atoms with Gasteiger partial charge in [0.1, 0.15) is 23.0 Å². The first-order valence-electron chi connectivity index (χ1n) is 10.2. The van der Waals surface area contributed by atoms with Crippen LogP contribution >= 0.6 is 11.3 Å². The van der Waals surface area contributed by atoms with E-state index in [2.05, 4.69) is 0 Å². The molecule has 1 amide bonds. The Labute approximate surface area is 195 Å². The molecule has 0 saturated carbocycles. The smallest absolute Gasteiger partial charge is 0.295 e. The van der Waals surface area contributed by atoms with Crippen molar-refractivity contribution in [2.24, 2.45) is 0 Å². The van der Waals surface area contributed by atoms with Crippen LogP contribution in [-0.2, 0) is 16.1 Å². The van der Waals surface area contributed by atoms with E-state index in [1.807, 2.05) is 41.8 Å². The number of Topliss-reactive ketones (excluding diaryl/α,β-unsaturated/α-hetero) is 1. The molecular weight excluding hydrogens is 442 g/mol. The molecular formula is C25H23NO6S. The Morgan fingerprint density at radius 1 is 0.970 bits per heavy atom. The second kappa shape index (κ2) is 9.38. The summed E-state index contributed by atoms with van der Waals surface area (Å²) in [6.07, 6.45) is 0. The molecule has 0 aliphatic carbocycles. The van der Waals surface area contributed by atoms with Crippen molar-refractivity contribution < 1.29 is 28.9 Å². The maximum Gasteiger partial charge on any atom is 0.295 e. The highest BCUT2D eigenvalue weighted by atomic mass is 32.1. The molecule has 1 N–H and O–H groups in total. The van der Waals surface area contributed by atoms with Gasteiger partial charge >= 0.3 is 0 Å². The Morgan fingerprint density at radius 3 is 2.39 bits per heavy atom. The molecule has 1 fully saturated rings. The summed E-state index contributed by atoms with van der Waals surface area (Å²) in [4.78, 5) is 28.6. The molecule has 8 heteroatoms. The van der Waals surface area contributed by atoms with E-state index in [4.69, 9.17) is 14.2 Å². The lowest BCUT2D eigenvalue weighted by Crippen LogP contribution is -2.28. The minimum atomic E-state index is -0.751. The Hall–Kier alpha value is -3.78. The van der Waals surface area contributed by atoms with Crippen molar-refractivity contribution in [3.63, 3.8) is 0 Å². The zero-order valence-electron chi connectivity index (χ0n) is 18.4. The summed E-state index contributed by atoms with van der Waals surface area (Å²) in [6.45, 7) is 0.177. The van der Waals surface area contributed by atoms with Crippen molar-refractivity contribution in [3.05, 3.63) is 81.6 Å². The molecule has 1 aromatic heterocycles. The normalized spacial score (nSPS) is 17.3. The van der Waals surface area contributed by atoms with E-state index in [0.29, 0.717) is 17.2 Å². The first-order valence-corrected chi connectivity index (χ1v) is 11.0. The molecule has 1 saturated heterocycles. The lowest BCUT2D eigenvalue weighted by atomic mass is 9.99. The summed E-state index contributed by atoms with van der Waals surface area (Å²) in [7, 11) is 4.54. The van der Waals surface area contributed by atoms with Crippen LogP contribution in [0.2, 0.25) is 0 Å². The van der Waals surface area contributed by atoms with E-state index in [-0.39, 0.29) is 23.4 Å². The number of hydrogen-bond donors (Lipinski definition) is 1. The molecule has 0 radical (unpaired) electrons. The molecule has 33 heavy (non-hydrogen) atoms. The van der Waals surface area contributed by atoms with Crippen LogP contribution in [0.3, 0.4) is 0 Å². The number of thiophene rings is 1. The first kappa shape index (κ1) is 22.4. The van der Waals surface area contributed by atoms with Gasteiger partial charge in [-0.1, -0.05) is 18.2 Å². The van der Waals surface area contributed by atoms with Gasteiger partial charge in [0.05, 0.1) is 38.5 Å². The number of methoxy groups -OCH3 is 3. The fraction of sp³-hybridized carbons (Fsp3) is 0.200. The number of ketones is 1. The van der Waals surface area contributed by atoms with E-state index < -0.39 is 17.7 Å². The number of carbonyl (C=O) groups is 2. The minimum Gasteiger partial charge on any atom is -0.507 e. The summed E-state index contributed by atoms with van der Waals surface area (Å²) in [5.41, 5.74) is 1.09. The van der Waals surface area contributed by atoms with Crippen molar-refractivity contribution >= 4 is 28.8 Å². The zero-order chi connectivity index (χ0) is 23.5. The fourth-order valence-electron chi connectivity index (χ4n) is 3.90. The minimum absolute atomic E-state index is 0.0110. The number of nitrogens with zero attached hydrogens (tertiary/aromatic N) is 1. The predicted molar refractivity (Wildman–Crippen MR) is 125 cm³/mol. The standard InChI is InChI=1S/C25H23NO6S/c1-30-16-7-4-6-15(12-16)14-26-22(20-8-5-11-33-20)21(24(28)25(26)29)23(27)18-13-17(31-2)9-10-19(18)32-3/h4-13,22,27H,14H2,1-3H3/b23-21-. The number of aliphatic hydroxyl groups is 1. The van der Waals surface area contributed by atoms with Gasteiger partial charge in [0.15, 0.2) is 0 Å². The Kier molecular flexibility index (Phi) is 6.37. The van der Waals surface area contributed by atoms with Gasteiger partial charge in [-0.25, -0.2) is 0 Å². The Bertz CT molecular complexity index is 1220. The molecule has 2 heterocycles. The van der Waals surface area contributed by atoms with Crippen LogP contribution in [-0.4, -0.2) is 43.0 Å². The summed E-state index contributed by atoms with van der Waals surface area (Å²) >= 11 is 1.41. The number of carbonyl (C=O) groups excluding carboxylic acids is 2. The third-order valence-corrected chi connectivity index (χ3v) is 6.43. The molecule has 7 nitrogen and oxygen atoms in total. The van der Waals surface area contributed by atoms with Crippen LogP contribution in [0.1, 0.15) is 22.0 Å². The molecule has 1 aliphatic heterocycles. The van der Waals surface area contributed by atoms with Crippen molar-refractivity contribution in [1.29, 1.82) is 0 Å². The molecule has 170 valence electrons. The van der Waals surface area contributed by atoms with E-state index >= 15 is 0 Å². The average molecular weight is 466 g/mol. The lowest BCUT2D eigenvalue weighted by Gasteiger charge is -2.24. The van der Waals surface area contributed by atoms with Crippen molar-refractivity contribution in [2.45, 2.75) is 12.6 Å². The summed E-state index contributed by atoms with van der Waals surface area (Å²) in [5, 5.41) is 13.2. The number of hydrogen-bond acceptors (Lipinski definition) is 7. The highest BCUT2D eigenvalue weighted by Crippen LogP contribution is 2.43. The average Bonchev–Trinajstić information content (AvgIpc) is 3.46. The van der Waals surface area contributed by atoms with Crippen molar-refractivity contribution in [2.75, 3.05) is 21.3 Å². The van der Waals surface area contributed by atoms with E-state index in [1.54, 1.807) is 25.3 Å².